The third-order valence-corrected chi connectivity index (χ3v) is 2.91. The lowest BCUT2D eigenvalue weighted by Crippen LogP contribution is -2.45. The van der Waals surface area contributed by atoms with Crippen molar-refractivity contribution in [3.05, 3.63) is 0 Å². The molecule has 0 aromatic heterocycles. The van der Waals surface area contributed by atoms with Crippen LogP contribution in [0.3, 0.4) is 0 Å². The van der Waals surface area contributed by atoms with E-state index in [-0.39, 0.29) is 12.5 Å². The van der Waals surface area contributed by atoms with Gasteiger partial charge in [-0.25, -0.2) is 0 Å². The fraction of sp³-hybridized carbons (Fsp3) is 0.909. The van der Waals surface area contributed by atoms with Crippen molar-refractivity contribution < 1.29 is 14.3 Å². The minimum absolute atomic E-state index is 0.0583. The molecule has 1 rings (SSSR count). The molecule has 1 heterocycles. The van der Waals surface area contributed by atoms with Crippen LogP contribution in [-0.4, -0.2) is 63.9 Å². The maximum Gasteiger partial charge on any atom is 0.248 e. The quantitative estimate of drug-likeness (QED) is 0.645. The fourth-order valence-corrected chi connectivity index (χ4v) is 1.80. The van der Waals surface area contributed by atoms with E-state index in [1.165, 1.54) is 0 Å². The maximum atomic E-state index is 11.7. The van der Waals surface area contributed by atoms with Crippen LogP contribution in [-0.2, 0) is 14.3 Å². The standard InChI is InChI=1S/C11H22N2O3/c1-13(10-3-5-12-6-4-10)11(14)9-16-8-7-15-2/h10,12H,3-9H2,1-2H3. The minimum atomic E-state index is 0.0583. The first-order valence-corrected chi connectivity index (χ1v) is 5.78. The largest absolute Gasteiger partial charge is 0.382 e. The van der Waals surface area contributed by atoms with E-state index in [2.05, 4.69) is 5.32 Å². The monoisotopic (exact) mass is 230 g/mol. The van der Waals surface area contributed by atoms with Crippen LogP contribution in [0, 0.1) is 0 Å². The Kier molecular flexibility index (Phi) is 6.37. The van der Waals surface area contributed by atoms with E-state index in [0.29, 0.717) is 19.3 Å². The van der Waals surface area contributed by atoms with Crippen LogP contribution in [0.2, 0.25) is 0 Å². The third-order valence-electron chi connectivity index (χ3n) is 2.91. The van der Waals surface area contributed by atoms with Gasteiger partial charge < -0.3 is 19.7 Å². The lowest BCUT2D eigenvalue weighted by Gasteiger charge is -2.31. The number of ether oxygens (including phenoxy) is 2. The molecule has 5 nitrogen and oxygen atoms in total. The molecule has 0 saturated carbocycles. The fourth-order valence-electron chi connectivity index (χ4n) is 1.80. The van der Waals surface area contributed by atoms with Crippen LogP contribution >= 0.6 is 0 Å². The van der Waals surface area contributed by atoms with Crippen molar-refractivity contribution in [3.8, 4) is 0 Å². The number of likely N-dealkylation sites (N-methyl/N-ethyl adjacent to an activating group) is 1. The molecule has 1 saturated heterocycles. The molecule has 0 aliphatic carbocycles. The van der Waals surface area contributed by atoms with E-state index in [1.807, 2.05) is 11.9 Å². The van der Waals surface area contributed by atoms with Gasteiger partial charge in [0.2, 0.25) is 5.91 Å². The second-order valence-electron chi connectivity index (χ2n) is 4.03. The van der Waals surface area contributed by atoms with Gasteiger partial charge >= 0.3 is 0 Å². The smallest absolute Gasteiger partial charge is 0.248 e. The zero-order valence-corrected chi connectivity index (χ0v) is 10.2. The van der Waals surface area contributed by atoms with E-state index >= 15 is 0 Å². The molecule has 1 amide bonds. The van der Waals surface area contributed by atoms with Crippen LogP contribution in [0.5, 0.6) is 0 Å². The summed E-state index contributed by atoms with van der Waals surface area (Å²) in [4.78, 5) is 13.6. The molecule has 1 aliphatic heterocycles. The Morgan fingerprint density at radius 2 is 2.06 bits per heavy atom. The first-order chi connectivity index (χ1) is 7.75. The molecular weight excluding hydrogens is 208 g/mol. The Hall–Kier alpha value is -0.650. The van der Waals surface area contributed by atoms with Crippen LogP contribution in [0.25, 0.3) is 0 Å². The molecule has 1 aliphatic rings. The highest BCUT2D eigenvalue weighted by Gasteiger charge is 2.21. The van der Waals surface area contributed by atoms with Gasteiger partial charge in [-0.15, -0.1) is 0 Å². The van der Waals surface area contributed by atoms with Gasteiger partial charge in [-0.05, 0) is 25.9 Å². The molecule has 0 aromatic carbocycles. The number of piperidine rings is 1. The molecule has 0 atom stereocenters. The van der Waals surface area contributed by atoms with E-state index in [0.717, 1.165) is 25.9 Å². The molecule has 1 N–H and O–H groups in total. The van der Waals surface area contributed by atoms with Crippen molar-refractivity contribution in [1.29, 1.82) is 0 Å². The normalized spacial score (nSPS) is 17.4. The van der Waals surface area contributed by atoms with Gasteiger partial charge in [0.25, 0.3) is 0 Å². The van der Waals surface area contributed by atoms with Gasteiger partial charge in [0, 0.05) is 20.2 Å². The summed E-state index contributed by atoms with van der Waals surface area (Å²) < 4.78 is 10.1. The summed E-state index contributed by atoms with van der Waals surface area (Å²) in [6.45, 7) is 3.15. The SMILES string of the molecule is COCCOCC(=O)N(C)C1CCNCC1. The van der Waals surface area contributed by atoms with Crippen molar-refractivity contribution in [3.63, 3.8) is 0 Å². The van der Waals surface area contributed by atoms with Crippen LogP contribution in [0.15, 0.2) is 0 Å². The molecule has 0 spiro atoms. The van der Waals surface area contributed by atoms with Gasteiger partial charge in [-0.2, -0.15) is 0 Å². The number of hydrogen-bond acceptors (Lipinski definition) is 4. The molecule has 1 fully saturated rings. The number of carbonyl (C=O) groups excluding carboxylic acids is 1. The molecule has 5 heteroatoms. The number of amides is 1. The third kappa shape index (κ3) is 4.47. The Bertz CT molecular complexity index is 205. The number of nitrogens with zero attached hydrogens (tertiary/aromatic N) is 1. The summed E-state index contributed by atoms with van der Waals surface area (Å²) in [7, 11) is 3.48. The van der Waals surface area contributed by atoms with Gasteiger partial charge in [-0.3, -0.25) is 4.79 Å². The summed E-state index contributed by atoms with van der Waals surface area (Å²) in [5.74, 6) is 0.0583. The van der Waals surface area contributed by atoms with E-state index in [9.17, 15) is 4.79 Å². The van der Waals surface area contributed by atoms with Crippen LogP contribution in [0.1, 0.15) is 12.8 Å². The van der Waals surface area contributed by atoms with Crippen LogP contribution in [0.4, 0.5) is 0 Å². The number of carbonyl (C=O) groups is 1. The number of hydrogen-bond donors (Lipinski definition) is 1. The lowest BCUT2D eigenvalue weighted by atomic mass is 10.1. The van der Waals surface area contributed by atoms with E-state index < -0.39 is 0 Å². The molecule has 16 heavy (non-hydrogen) atoms. The van der Waals surface area contributed by atoms with Crippen LogP contribution < -0.4 is 5.32 Å². The van der Waals surface area contributed by atoms with Gasteiger partial charge in [-0.1, -0.05) is 0 Å². The molecule has 0 radical (unpaired) electrons. The van der Waals surface area contributed by atoms with E-state index in [4.69, 9.17) is 9.47 Å². The summed E-state index contributed by atoms with van der Waals surface area (Å²) in [6.07, 6.45) is 2.06. The molecule has 0 aromatic rings. The Balaban J connectivity index is 2.18. The second-order valence-corrected chi connectivity index (χ2v) is 4.03. The molecule has 0 unspecified atom stereocenters. The maximum absolute atomic E-state index is 11.7. The highest BCUT2D eigenvalue weighted by atomic mass is 16.5. The second kappa shape index (κ2) is 7.60. The number of rotatable bonds is 6. The zero-order valence-electron chi connectivity index (χ0n) is 10.2. The van der Waals surface area contributed by atoms with Crippen molar-refractivity contribution in [2.24, 2.45) is 0 Å². The zero-order chi connectivity index (χ0) is 11.8. The lowest BCUT2D eigenvalue weighted by molar-refractivity contribution is -0.137. The van der Waals surface area contributed by atoms with Crippen molar-refractivity contribution >= 4 is 5.91 Å². The number of nitrogens with one attached hydrogen (secondary N) is 1. The van der Waals surface area contributed by atoms with Gasteiger partial charge in [0.15, 0.2) is 0 Å². The first kappa shape index (κ1) is 13.4. The Morgan fingerprint density at radius 3 is 2.69 bits per heavy atom. The molecular formula is C11H22N2O3. The van der Waals surface area contributed by atoms with Gasteiger partial charge in [0.1, 0.15) is 6.61 Å². The first-order valence-electron chi connectivity index (χ1n) is 5.78. The van der Waals surface area contributed by atoms with Crippen molar-refractivity contribution in [2.75, 3.05) is 47.1 Å². The summed E-state index contributed by atoms with van der Waals surface area (Å²) in [5.41, 5.74) is 0. The summed E-state index contributed by atoms with van der Waals surface area (Å²) in [5, 5.41) is 3.28. The predicted octanol–water partition coefficient (Wildman–Crippen LogP) is -0.140. The van der Waals surface area contributed by atoms with Crippen molar-refractivity contribution in [2.45, 2.75) is 18.9 Å². The minimum Gasteiger partial charge on any atom is -0.382 e. The summed E-state index contributed by atoms with van der Waals surface area (Å²) in [6, 6.07) is 0.361. The average Bonchev–Trinajstić information content (AvgIpc) is 2.34. The number of methoxy groups -OCH3 is 1. The molecule has 0 bridgehead atoms. The average molecular weight is 230 g/mol. The Labute approximate surface area is 97.1 Å². The topological polar surface area (TPSA) is 50.8 Å². The van der Waals surface area contributed by atoms with E-state index in [1.54, 1.807) is 7.11 Å². The predicted molar refractivity (Wildman–Crippen MR) is 61.4 cm³/mol. The highest BCUT2D eigenvalue weighted by Crippen LogP contribution is 2.09. The Morgan fingerprint density at radius 1 is 1.38 bits per heavy atom. The highest BCUT2D eigenvalue weighted by molar-refractivity contribution is 5.77. The van der Waals surface area contributed by atoms with Crippen molar-refractivity contribution in [1.82, 2.24) is 10.2 Å². The molecule has 94 valence electrons. The van der Waals surface area contributed by atoms with Gasteiger partial charge in [0.05, 0.1) is 13.2 Å². The summed E-state index contributed by atoms with van der Waals surface area (Å²) >= 11 is 0.